The zero-order valence-corrected chi connectivity index (χ0v) is 8.07. The van der Waals surface area contributed by atoms with E-state index in [2.05, 4.69) is 11.8 Å². The minimum atomic E-state index is -0.623. The van der Waals surface area contributed by atoms with Gasteiger partial charge in [0.2, 0.25) is 0 Å². The van der Waals surface area contributed by atoms with Crippen molar-refractivity contribution in [1.82, 2.24) is 4.90 Å². The molecule has 0 spiro atoms. The quantitative estimate of drug-likeness (QED) is 0.699. The molecule has 2 atom stereocenters. The molecule has 0 bridgehead atoms. The van der Waals surface area contributed by atoms with Gasteiger partial charge in [-0.1, -0.05) is 13.3 Å². The van der Waals surface area contributed by atoms with Crippen molar-refractivity contribution in [1.29, 1.82) is 0 Å². The number of likely N-dealkylation sites (tertiary alicyclic amines) is 1. The molecule has 0 aromatic rings. The van der Waals surface area contributed by atoms with E-state index in [1.54, 1.807) is 0 Å². The van der Waals surface area contributed by atoms with Gasteiger partial charge in [0.05, 0.1) is 5.92 Å². The molecule has 2 aliphatic rings. The van der Waals surface area contributed by atoms with Gasteiger partial charge in [-0.3, -0.25) is 9.69 Å². The maximum Gasteiger partial charge on any atom is 0.309 e. The van der Waals surface area contributed by atoms with Crippen LogP contribution in [0.1, 0.15) is 26.2 Å². The average molecular weight is 183 g/mol. The third-order valence-electron chi connectivity index (χ3n) is 3.54. The SMILES string of the molecule is CC1CCCC1N1CC(C(=O)O)C1. The van der Waals surface area contributed by atoms with Crippen LogP contribution < -0.4 is 0 Å². The van der Waals surface area contributed by atoms with Crippen LogP contribution in [0, 0.1) is 11.8 Å². The third-order valence-corrected chi connectivity index (χ3v) is 3.54. The minimum absolute atomic E-state index is 0.0900. The smallest absolute Gasteiger partial charge is 0.309 e. The van der Waals surface area contributed by atoms with E-state index in [-0.39, 0.29) is 5.92 Å². The Bertz CT molecular complexity index is 211. The molecule has 2 fully saturated rings. The van der Waals surface area contributed by atoms with Crippen LogP contribution in [-0.2, 0) is 4.79 Å². The Morgan fingerprint density at radius 1 is 1.38 bits per heavy atom. The molecule has 1 N–H and O–H groups in total. The lowest BCUT2D eigenvalue weighted by atomic mass is 9.94. The van der Waals surface area contributed by atoms with Gasteiger partial charge >= 0.3 is 5.97 Å². The molecule has 2 unspecified atom stereocenters. The van der Waals surface area contributed by atoms with Crippen molar-refractivity contribution >= 4 is 5.97 Å². The zero-order chi connectivity index (χ0) is 9.42. The third kappa shape index (κ3) is 1.57. The molecule has 0 amide bonds. The molecule has 1 saturated carbocycles. The van der Waals surface area contributed by atoms with Gasteiger partial charge in [-0.15, -0.1) is 0 Å². The number of hydrogen-bond donors (Lipinski definition) is 1. The highest BCUT2D eigenvalue weighted by atomic mass is 16.4. The Kier molecular flexibility index (Phi) is 2.28. The van der Waals surface area contributed by atoms with E-state index >= 15 is 0 Å². The first-order chi connectivity index (χ1) is 6.18. The van der Waals surface area contributed by atoms with Crippen molar-refractivity contribution in [2.45, 2.75) is 32.2 Å². The average Bonchev–Trinajstić information content (AvgIpc) is 2.32. The summed E-state index contributed by atoms with van der Waals surface area (Å²) in [5, 5.41) is 8.73. The van der Waals surface area contributed by atoms with Crippen LogP contribution in [0.25, 0.3) is 0 Å². The lowest BCUT2D eigenvalue weighted by Crippen LogP contribution is -2.55. The summed E-state index contributed by atoms with van der Waals surface area (Å²) in [4.78, 5) is 12.9. The predicted octanol–water partition coefficient (Wildman–Crippen LogP) is 1.19. The number of aliphatic carboxylic acids is 1. The molecule has 2 rings (SSSR count). The number of rotatable bonds is 2. The summed E-state index contributed by atoms with van der Waals surface area (Å²) in [7, 11) is 0. The summed E-state index contributed by atoms with van der Waals surface area (Å²) in [6, 6.07) is 0.676. The summed E-state index contributed by atoms with van der Waals surface area (Å²) >= 11 is 0. The van der Waals surface area contributed by atoms with E-state index in [0.717, 1.165) is 19.0 Å². The van der Waals surface area contributed by atoms with Gasteiger partial charge in [-0.25, -0.2) is 0 Å². The predicted molar refractivity (Wildman–Crippen MR) is 49.5 cm³/mol. The van der Waals surface area contributed by atoms with Crippen LogP contribution in [-0.4, -0.2) is 35.1 Å². The molecule has 13 heavy (non-hydrogen) atoms. The van der Waals surface area contributed by atoms with E-state index in [1.807, 2.05) is 0 Å². The van der Waals surface area contributed by atoms with Crippen molar-refractivity contribution in [2.75, 3.05) is 13.1 Å². The molecule has 1 aliphatic heterocycles. The second-order valence-electron chi connectivity index (χ2n) is 4.46. The van der Waals surface area contributed by atoms with Crippen LogP contribution in [0.5, 0.6) is 0 Å². The van der Waals surface area contributed by atoms with Gasteiger partial charge in [0.25, 0.3) is 0 Å². The van der Waals surface area contributed by atoms with E-state index in [1.165, 1.54) is 19.3 Å². The lowest BCUT2D eigenvalue weighted by molar-refractivity contribution is -0.149. The number of carboxylic acid groups (broad SMARTS) is 1. The van der Waals surface area contributed by atoms with Gasteiger partial charge in [-0.2, -0.15) is 0 Å². The van der Waals surface area contributed by atoms with E-state index < -0.39 is 5.97 Å². The Balaban J connectivity index is 1.82. The van der Waals surface area contributed by atoms with Crippen molar-refractivity contribution in [3.8, 4) is 0 Å². The molecular formula is C10H17NO2. The van der Waals surface area contributed by atoms with Crippen LogP contribution in [0.4, 0.5) is 0 Å². The molecule has 1 heterocycles. The maximum atomic E-state index is 10.6. The Labute approximate surface area is 78.7 Å². The first-order valence-electron chi connectivity index (χ1n) is 5.15. The molecule has 0 radical (unpaired) electrons. The largest absolute Gasteiger partial charge is 0.481 e. The molecular weight excluding hydrogens is 166 g/mol. The number of carbonyl (C=O) groups is 1. The highest BCUT2D eigenvalue weighted by Crippen LogP contribution is 2.33. The van der Waals surface area contributed by atoms with Gasteiger partial charge in [-0.05, 0) is 18.8 Å². The normalized spacial score (nSPS) is 36.1. The fraction of sp³-hybridized carbons (Fsp3) is 0.900. The van der Waals surface area contributed by atoms with Crippen LogP contribution in [0.15, 0.2) is 0 Å². The second-order valence-corrected chi connectivity index (χ2v) is 4.46. The number of carboxylic acids is 1. The highest BCUT2D eigenvalue weighted by Gasteiger charge is 2.39. The van der Waals surface area contributed by atoms with E-state index in [4.69, 9.17) is 5.11 Å². The standard InChI is InChI=1S/C10H17NO2/c1-7-3-2-4-9(7)11-5-8(6-11)10(12)13/h7-9H,2-6H2,1H3,(H,12,13). The summed E-state index contributed by atoms with van der Waals surface area (Å²) in [6.45, 7) is 3.85. The number of hydrogen-bond acceptors (Lipinski definition) is 2. The summed E-state index contributed by atoms with van der Waals surface area (Å²) in [5.41, 5.74) is 0. The van der Waals surface area contributed by atoms with Gasteiger partial charge < -0.3 is 5.11 Å². The molecule has 0 aromatic carbocycles. The lowest BCUT2D eigenvalue weighted by Gasteiger charge is -2.42. The molecule has 1 aliphatic carbocycles. The van der Waals surface area contributed by atoms with Crippen molar-refractivity contribution in [3.05, 3.63) is 0 Å². The van der Waals surface area contributed by atoms with E-state index in [9.17, 15) is 4.79 Å². The van der Waals surface area contributed by atoms with E-state index in [0.29, 0.717) is 6.04 Å². The fourth-order valence-electron chi connectivity index (χ4n) is 2.61. The summed E-state index contributed by atoms with van der Waals surface area (Å²) in [6.07, 6.45) is 3.91. The molecule has 3 heteroatoms. The second kappa shape index (κ2) is 3.29. The zero-order valence-electron chi connectivity index (χ0n) is 8.07. The Morgan fingerprint density at radius 2 is 2.08 bits per heavy atom. The monoisotopic (exact) mass is 183 g/mol. The Hall–Kier alpha value is -0.570. The first-order valence-corrected chi connectivity index (χ1v) is 5.15. The van der Waals surface area contributed by atoms with Gasteiger partial charge in [0.15, 0.2) is 0 Å². The minimum Gasteiger partial charge on any atom is -0.481 e. The summed E-state index contributed by atoms with van der Waals surface area (Å²) in [5.74, 6) is 0.0597. The number of nitrogens with zero attached hydrogens (tertiary/aromatic N) is 1. The highest BCUT2D eigenvalue weighted by molar-refractivity contribution is 5.71. The first kappa shape index (κ1) is 9.00. The van der Waals surface area contributed by atoms with Crippen molar-refractivity contribution < 1.29 is 9.90 Å². The molecule has 1 saturated heterocycles. The summed E-state index contributed by atoms with van der Waals surface area (Å²) < 4.78 is 0. The molecule has 0 aromatic heterocycles. The molecule has 3 nitrogen and oxygen atoms in total. The fourth-order valence-corrected chi connectivity index (χ4v) is 2.61. The van der Waals surface area contributed by atoms with Crippen LogP contribution in [0.2, 0.25) is 0 Å². The van der Waals surface area contributed by atoms with Crippen LogP contribution >= 0.6 is 0 Å². The Morgan fingerprint density at radius 3 is 2.54 bits per heavy atom. The molecule has 74 valence electrons. The van der Waals surface area contributed by atoms with Gasteiger partial charge in [0, 0.05) is 19.1 Å². The topological polar surface area (TPSA) is 40.5 Å². The van der Waals surface area contributed by atoms with Gasteiger partial charge in [0.1, 0.15) is 0 Å². The van der Waals surface area contributed by atoms with Crippen LogP contribution in [0.3, 0.4) is 0 Å². The van der Waals surface area contributed by atoms with Crippen molar-refractivity contribution in [2.24, 2.45) is 11.8 Å². The van der Waals surface area contributed by atoms with Crippen molar-refractivity contribution in [3.63, 3.8) is 0 Å². The maximum absolute atomic E-state index is 10.6.